The van der Waals surface area contributed by atoms with Crippen LogP contribution in [-0.4, -0.2) is 49.8 Å². The van der Waals surface area contributed by atoms with E-state index in [9.17, 15) is 0 Å². The first-order valence-electron chi connectivity index (χ1n) is 8.97. The summed E-state index contributed by atoms with van der Waals surface area (Å²) in [6.45, 7) is 12.5. The summed E-state index contributed by atoms with van der Waals surface area (Å²) in [6, 6.07) is 1.19. The lowest BCUT2D eigenvalue weighted by atomic mass is 9.69. The third-order valence-electron chi connectivity index (χ3n) is 5.56. The van der Waals surface area contributed by atoms with Crippen molar-refractivity contribution in [1.82, 2.24) is 10.2 Å². The summed E-state index contributed by atoms with van der Waals surface area (Å²) in [4.78, 5) is 2.59. The minimum absolute atomic E-state index is 0.395. The van der Waals surface area contributed by atoms with Crippen LogP contribution in [0.15, 0.2) is 0 Å². The van der Waals surface area contributed by atoms with Gasteiger partial charge in [0.05, 0.1) is 6.10 Å². The highest BCUT2D eigenvalue weighted by Gasteiger charge is 2.38. The predicted molar refractivity (Wildman–Crippen MR) is 89.7 cm³/mol. The van der Waals surface area contributed by atoms with E-state index < -0.39 is 0 Å². The Morgan fingerprint density at radius 2 is 2.05 bits per heavy atom. The molecule has 3 heteroatoms. The second kappa shape index (κ2) is 7.43. The van der Waals surface area contributed by atoms with E-state index in [2.05, 4.69) is 45.0 Å². The lowest BCUT2D eigenvalue weighted by molar-refractivity contribution is 0.0405. The molecule has 1 N–H and O–H groups in total. The average molecular weight is 296 g/mol. The molecule has 124 valence electrons. The summed E-state index contributed by atoms with van der Waals surface area (Å²) in [6.07, 6.45) is 7.15. The van der Waals surface area contributed by atoms with Gasteiger partial charge in [0.25, 0.3) is 0 Å². The van der Waals surface area contributed by atoms with Gasteiger partial charge in [0.15, 0.2) is 0 Å². The van der Waals surface area contributed by atoms with Crippen LogP contribution in [0, 0.1) is 11.3 Å². The normalized spacial score (nSPS) is 37.6. The monoisotopic (exact) mass is 296 g/mol. The van der Waals surface area contributed by atoms with E-state index >= 15 is 0 Å². The Bertz CT molecular complexity index is 320. The van der Waals surface area contributed by atoms with Gasteiger partial charge in [-0.3, -0.25) is 0 Å². The summed E-state index contributed by atoms with van der Waals surface area (Å²) in [5, 5.41) is 3.73. The van der Waals surface area contributed by atoms with Gasteiger partial charge in [0, 0.05) is 31.8 Å². The number of hydrogen-bond acceptors (Lipinski definition) is 3. The number of nitrogens with one attached hydrogen (secondary N) is 1. The van der Waals surface area contributed by atoms with Crippen LogP contribution in [0.1, 0.15) is 59.8 Å². The van der Waals surface area contributed by atoms with Gasteiger partial charge in [0.1, 0.15) is 0 Å². The number of hydrogen-bond donors (Lipinski definition) is 1. The Hall–Kier alpha value is -0.120. The zero-order valence-electron chi connectivity index (χ0n) is 14.8. The molecule has 1 aliphatic carbocycles. The maximum absolute atomic E-state index is 5.77. The van der Waals surface area contributed by atoms with Crippen molar-refractivity contribution in [3.63, 3.8) is 0 Å². The van der Waals surface area contributed by atoms with Crippen LogP contribution in [0.4, 0.5) is 0 Å². The average Bonchev–Trinajstić information content (AvgIpc) is 2.83. The number of ether oxygens (including phenoxy) is 1. The minimum Gasteiger partial charge on any atom is -0.377 e. The van der Waals surface area contributed by atoms with Crippen molar-refractivity contribution in [2.75, 3.05) is 26.7 Å². The van der Waals surface area contributed by atoms with E-state index in [0.717, 1.165) is 12.5 Å². The van der Waals surface area contributed by atoms with Crippen LogP contribution < -0.4 is 5.32 Å². The van der Waals surface area contributed by atoms with Gasteiger partial charge in [0.2, 0.25) is 0 Å². The molecule has 3 nitrogen and oxygen atoms in total. The summed E-state index contributed by atoms with van der Waals surface area (Å²) >= 11 is 0. The van der Waals surface area contributed by atoms with Gasteiger partial charge in [-0.15, -0.1) is 0 Å². The fourth-order valence-electron chi connectivity index (χ4n) is 4.50. The second-order valence-corrected chi connectivity index (χ2v) is 8.08. The van der Waals surface area contributed by atoms with Gasteiger partial charge in [-0.2, -0.15) is 0 Å². The standard InChI is InChI=1S/C18H36N2O/c1-14(2)19-12-18(9-6-7-15(3)11-18)13-20(5)17-8-10-21-16(17)4/h14-17,19H,6-13H2,1-5H3. The van der Waals surface area contributed by atoms with Gasteiger partial charge >= 0.3 is 0 Å². The molecule has 1 saturated carbocycles. The number of nitrogens with zero attached hydrogens (tertiary/aromatic N) is 1. The molecule has 4 unspecified atom stereocenters. The highest BCUT2D eigenvalue weighted by atomic mass is 16.5. The van der Waals surface area contributed by atoms with Gasteiger partial charge in [-0.1, -0.05) is 33.6 Å². The van der Waals surface area contributed by atoms with E-state index in [1.807, 2.05) is 0 Å². The molecule has 4 atom stereocenters. The first kappa shape index (κ1) is 17.2. The van der Waals surface area contributed by atoms with Crippen LogP contribution in [0.5, 0.6) is 0 Å². The molecule has 2 fully saturated rings. The molecular formula is C18H36N2O. The molecule has 0 aromatic carbocycles. The van der Waals surface area contributed by atoms with Gasteiger partial charge < -0.3 is 15.0 Å². The van der Waals surface area contributed by atoms with Crippen LogP contribution in [0.25, 0.3) is 0 Å². The van der Waals surface area contributed by atoms with Crippen molar-refractivity contribution < 1.29 is 4.74 Å². The fraction of sp³-hybridized carbons (Fsp3) is 1.00. The molecule has 0 aromatic heterocycles. The Morgan fingerprint density at radius 3 is 2.62 bits per heavy atom. The Labute approximate surface area is 131 Å². The minimum atomic E-state index is 0.395. The molecule has 0 radical (unpaired) electrons. The predicted octanol–water partition coefficient (Wildman–Crippen LogP) is 3.29. The van der Waals surface area contributed by atoms with E-state index in [0.29, 0.717) is 23.6 Å². The van der Waals surface area contributed by atoms with E-state index in [1.54, 1.807) is 0 Å². The molecule has 0 aromatic rings. The first-order valence-corrected chi connectivity index (χ1v) is 8.97. The zero-order valence-corrected chi connectivity index (χ0v) is 14.8. The lowest BCUT2D eigenvalue weighted by Gasteiger charge is -2.44. The van der Waals surface area contributed by atoms with E-state index in [1.165, 1.54) is 45.2 Å². The highest BCUT2D eigenvalue weighted by Crippen LogP contribution is 2.40. The van der Waals surface area contributed by atoms with Crippen LogP contribution >= 0.6 is 0 Å². The molecule has 2 rings (SSSR count). The Kier molecular flexibility index (Phi) is 6.10. The number of rotatable bonds is 6. The summed E-state index contributed by atoms with van der Waals surface area (Å²) in [7, 11) is 2.31. The molecule has 1 aliphatic heterocycles. The van der Waals surface area contributed by atoms with Crippen molar-refractivity contribution in [3.05, 3.63) is 0 Å². The summed E-state index contributed by atoms with van der Waals surface area (Å²) in [5.74, 6) is 0.873. The first-order chi connectivity index (χ1) is 9.92. The smallest absolute Gasteiger partial charge is 0.0702 e. The summed E-state index contributed by atoms with van der Waals surface area (Å²) < 4.78 is 5.77. The second-order valence-electron chi connectivity index (χ2n) is 8.08. The van der Waals surface area contributed by atoms with Crippen LogP contribution in [0.3, 0.4) is 0 Å². The molecule has 0 bridgehead atoms. The molecule has 2 aliphatic rings. The fourth-order valence-corrected chi connectivity index (χ4v) is 4.50. The number of likely N-dealkylation sites (N-methyl/N-ethyl adjacent to an activating group) is 1. The SMILES string of the molecule is CC1CCCC(CNC(C)C)(CN(C)C2CCOC2C)C1. The van der Waals surface area contributed by atoms with Crippen molar-refractivity contribution in [1.29, 1.82) is 0 Å². The quantitative estimate of drug-likeness (QED) is 0.814. The Morgan fingerprint density at radius 1 is 1.29 bits per heavy atom. The van der Waals surface area contributed by atoms with Crippen molar-refractivity contribution in [2.24, 2.45) is 11.3 Å². The van der Waals surface area contributed by atoms with Gasteiger partial charge in [-0.25, -0.2) is 0 Å². The largest absolute Gasteiger partial charge is 0.377 e. The van der Waals surface area contributed by atoms with Crippen LogP contribution in [0.2, 0.25) is 0 Å². The van der Waals surface area contributed by atoms with Crippen molar-refractivity contribution >= 4 is 0 Å². The van der Waals surface area contributed by atoms with Crippen molar-refractivity contribution in [2.45, 2.75) is 78.0 Å². The maximum atomic E-state index is 5.77. The third kappa shape index (κ3) is 4.67. The van der Waals surface area contributed by atoms with Crippen molar-refractivity contribution in [3.8, 4) is 0 Å². The molecule has 1 heterocycles. The molecule has 0 amide bonds. The molecule has 0 spiro atoms. The Balaban J connectivity index is 2.00. The lowest BCUT2D eigenvalue weighted by Crippen LogP contribution is -2.50. The zero-order chi connectivity index (χ0) is 15.5. The van der Waals surface area contributed by atoms with E-state index in [4.69, 9.17) is 4.74 Å². The van der Waals surface area contributed by atoms with E-state index in [-0.39, 0.29) is 0 Å². The van der Waals surface area contributed by atoms with Crippen LogP contribution in [-0.2, 0) is 4.74 Å². The third-order valence-corrected chi connectivity index (χ3v) is 5.56. The molecular weight excluding hydrogens is 260 g/mol. The topological polar surface area (TPSA) is 24.5 Å². The molecule has 1 saturated heterocycles. The maximum Gasteiger partial charge on any atom is 0.0702 e. The summed E-state index contributed by atoms with van der Waals surface area (Å²) in [5.41, 5.74) is 0.457. The highest BCUT2D eigenvalue weighted by molar-refractivity contribution is 4.92. The van der Waals surface area contributed by atoms with Gasteiger partial charge in [-0.05, 0) is 44.6 Å². The molecule has 21 heavy (non-hydrogen) atoms.